The van der Waals surface area contributed by atoms with Gasteiger partial charge < -0.3 is 10.2 Å². The van der Waals surface area contributed by atoms with E-state index >= 15 is 0 Å². The van der Waals surface area contributed by atoms with Crippen molar-refractivity contribution in [2.24, 2.45) is 5.92 Å². The average molecular weight is 172 g/mol. The molecule has 0 aromatic carbocycles. The summed E-state index contributed by atoms with van der Waals surface area (Å²) in [5.41, 5.74) is 0. The maximum Gasteiger partial charge on any atom is 0.223 e. The van der Waals surface area contributed by atoms with Crippen LogP contribution in [0.2, 0.25) is 0 Å². The molecule has 0 atom stereocenters. The number of nitrogens with zero attached hydrogens (tertiary/aromatic N) is 1. The normalized spacial score (nSPS) is 10.4. The quantitative estimate of drug-likeness (QED) is 0.662. The van der Waals surface area contributed by atoms with Gasteiger partial charge in [-0.2, -0.15) is 0 Å². The standard InChI is InChI=1S/C9H20N2O/c1-8(2)7-11(4)9(12)5-6-10-3/h8,10H,5-7H2,1-4H3. The first-order chi connectivity index (χ1) is 5.57. The van der Waals surface area contributed by atoms with Crippen LogP contribution in [-0.4, -0.2) is 38.0 Å². The smallest absolute Gasteiger partial charge is 0.223 e. The molecule has 0 bridgehead atoms. The van der Waals surface area contributed by atoms with Gasteiger partial charge in [-0.3, -0.25) is 4.79 Å². The van der Waals surface area contributed by atoms with Crippen molar-refractivity contribution >= 4 is 5.91 Å². The molecule has 0 aliphatic carbocycles. The highest BCUT2D eigenvalue weighted by Crippen LogP contribution is 1.97. The molecule has 72 valence electrons. The van der Waals surface area contributed by atoms with E-state index in [-0.39, 0.29) is 5.91 Å². The van der Waals surface area contributed by atoms with E-state index in [1.807, 2.05) is 14.1 Å². The van der Waals surface area contributed by atoms with Crippen molar-refractivity contribution in [2.45, 2.75) is 20.3 Å². The lowest BCUT2D eigenvalue weighted by atomic mass is 10.2. The largest absolute Gasteiger partial charge is 0.345 e. The average Bonchev–Trinajstić information content (AvgIpc) is 1.98. The molecule has 0 spiro atoms. The highest BCUT2D eigenvalue weighted by atomic mass is 16.2. The van der Waals surface area contributed by atoms with Gasteiger partial charge in [0, 0.05) is 26.6 Å². The molecule has 3 heteroatoms. The molecular weight excluding hydrogens is 152 g/mol. The third-order valence-corrected chi connectivity index (χ3v) is 1.65. The van der Waals surface area contributed by atoms with Crippen molar-refractivity contribution < 1.29 is 4.79 Å². The molecule has 0 aliphatic heterocycles. The van der Waals surface area contributed by atoms with Crippen LogP contribution in [0.5, 0.6) is 0 Å². The van der Waals surface area contributed by atoms with E-state index in [9.17, 15) is 4.79 Å². The fourth-order valence-corrected chi connectivity index (χ4v) is 1.07. The van der Waals surface area contributed by atoms with Crippen LogP contribution >= 0.6 is 0 Å². The lowest BCUT2D eigenvalue weighted by Crippen LogP contribution is -2.32. The molecule has 0 heterocycles. The molecule has 0 aliphatic rings. The van der Waals surface area contributed by atoms with Crippen molar-refractivity contribution in [2.75, 3.05) is 27.2 Å². The van der Waals surface area contributed by atoms with E-state index in [2.05, 4.69) is 19.2 Å². The summed E-state index contributed by atoms with van der Waals surface area (Å²) in [6.07, 6.45) is 0.597. The second-order valence-electron chi connectivity index (χ2n) is 3.52. The monoisotopic (exact) mass is 172 g/mol. The van der Waals surface area contributed by atoms with Gasteiger partial charge in [-0.25, -0.2) is 0 Å². The van der Waals surface area contributed by atoms with Gasteiger partial charge in [-0.05, 0) is 13.0 Å². The van der Waals surface area contributed by atoms with Crippen LogP contribution in [-0.2, 0) is 4.79 Å². The minimum atomic E-state index is 0.220. The number of carbonyl (C=O) groups is 1. The van der Waals surface area contributed by atoms with Gasteiger partial charge in [0.1, 0.15) is 0 Å². The number of hydrogen-bond donors (Lipinski definition) is 1. The second kappa shape index (κ2) is 6.00. The van der Waals surface area contributed by atoms with Crippen LogP contribution in [0.3, 0.4) is 0 Å². The first-order valence-electron chi connectivity index (χ1n) is 4.46. The molecule has 0 aromatic rings. The predicted molar refractivity (Wildman–Crippen MR) is 51.0 cm³/mol. The first-order valence-corrected chi connectivity index (χ1v) is 4.46. The summed E-state index contributed by atoms with van der Waals surface area (Å²) in [5.74, 6) is 0.770. The third kappa shape index (κ3) is 5.13. The van der Waals surface area contributed by atoms with Crippen LogP contribution in [0, 0.1) is 5.92 Å². The van der Waals surface area contributed by atoms with Crippen LogP contribution < -0.4 is 5.32 Å². The fraction of sp³-hybridized carbons (Fsp3) is 0.889. The Morgan fingerprint density at radius 1 is 1.50 bits per heavy atom. The van der Waals surface area contributed by atoms with Gasteiger partial charge >= 0.3 is 0 Å². The highest BCUT2D eigenvalue weighted by molar-refractivity contribution is 5.76. The Bertz CT molecular complexity index is 134. The third-order valence-electron chi connectivity index (χ3n) is 1.65. The molecule has 0 saturated carbocycles. The van der Waals surface area contributed by atoms with E-state index in [0.717, 1.165) is 13.1 Å². The molecule has 0 unspecified atom stereocenters. The van der Waals surface area contributed by atoms with E-state index in [1.165, 1.54) is 0 Å². The summed E-state index contributed by atoms with van der Waals surface area (Å²) in [6.45, 7) is 5.84. The first kappa shape index (κ1) is 11.4. The molecule has 3 nitrogen and oxygen atoms in total. The number of nitrogens with one attached hydrogen (secondary N) is 1. The predicted octanol–water partition coefficient (Wildman–Crippen LogP) is 0.710. The van der Waals surface area contributed by atoms with Gasteiger partial charge in [0.15, 0.2) is 0 Å². The van der Waals surface area contributed by atoms with Crippen molar-refractivity contribution in [1.29, 1.82) is 0 Å². The Labute approximate surface area is 75.1 Å². The van der Waals surface area contributed by atoms with Crippen LogP contribution in [0.4, 0.5) is 0 Å². The molecule has 0 rings (SSSR count). The summed E-state index contributed by atoms with van der Waals surface area (Å²) in [5, 5.41) is 2.96. The summed E-state index contributed by atoms with van der Waals surface area (Å²) >= 11 is 0. The minimum Gasteiger partial charge on any atom is -0.345 e. The molecule has 0 fully saturated rings. The molecular formula is C9H20N2O. The van der Waals surface area contributed by atoms with Crippen LogP contribution in [0.15, 0.2) is 0 Å². The topological polar surface area (TPSA) is 32.3 Å². The Morgan fingerprint density at radius 2 is 2.08 bits per heavy atom. The minimum absolute atomic E-state index is 0.220. The molecule has 0 saturated heterocycles. The van der Waals surface area contributed by atoms with E-state index in [4.69, 9.17) is 0 Å². The maximum atomic E-state index is 11.3. The van der Waals surface area contributed by atoms with E-state index < -0.39 is 0 Å². The number of amides is 1. The molecule has 0 radical (unpaired) electrons. The lowest BCUT2D eigenvalue weighted by Gasteiger charge is -2.19. The Kier molecular flexibility index (Phi) is 5.72. The second-order valence-corrected chi connectivity index (χ2v) is 3.52. The molecule has 1 amide bonds. The summed E-state index contributed by atoms with van der Waals surface area (Å²) in [4.78, 5) is 13.1. The molecule has 1 N–H and O–H groups in total. The van der Waals surface area contributed by atoms with Gasteiger partial charge in [-0.1, -0.05) is 13.8 Å². The van der Waals surface area contributed by atoms with Crippen molar-refractivity contribution in [3.8, 4) is 0 Å². The van der Waals surface area contributed by atoms with Gasteiger partial charge in [-0.15, -0.1) is 0 Å². The SMILES string of the molecule is CNCCC(=O)N(C)CC(C)C. The highest BCUT2D eigenvalue weighted by Gasteiger charge is 2.08. The van der Waals surface area contributed by atoms with Crippen LogP contribution in [0.1, 0.15) is 20.3 Å². The zero-order chi connectivity index (χ0) is 9.56. The van der Waals surface area contributed by atoms with Crippen molar-refractivity contribution in [3.63, 3.8) is 0 Å². The van der Waals surface area contributed by atoms with Crippen molar-refractivity contribution in [3.05, 3.63) is 0 Å². The Balaban J connectivity index is 3.61. The number of hydrogen-bond acceptors (Lipinski definition) is 2. The summed E-state index contributed by atoms with van der Waals surface area (Å²) in [6, 6.07) is 0. The zero-order valence-corrected chi connectivity index (χ0v) is 8.55. The van der Waals surface area contributed by atoms with Crippen molar-refractivity contribution in [1.82, 2.24) is 10.2 Å². The zero-order valence-electron chi connectivity index (χ0n) is 8.55. The van der Waals surface area contributed by atoms with E-state index in [1.54, 1.807) is 4.90 Å². The summed E-state index contributed by atoms with van der Waals surface area (Å²) < 4.78 is 0. The van der Waals surface area contributed by atoms with Crippen LogP contribution in [0.25, 0.3) is 0 Å². The molecule has 0 aromatic heterocycles. The number of rotatable bonds is 5. The maximum absolute atomic E-state index is 11.3. The van der Waals surface area contributed by atoms with Gasteiger partial charge in [0.05, 0.1) is 0 Å². The lowest BCUT2D eigenvalue weighted by molar-refractivity contribution is -0.130. The Morgan fingerprint density at radius 3 is 2.50 bits per heavy atom. The van der Waals surface area contributed by atoms with Gasteiger partial charge in [0.25, 0.3) is 0 Å². The molecule has 12 heavy (non-hydrogen) atoms. The van der Waals surface area contributed by atoms with E-state index in [0.29, 0.717) is 12.3 Å². The van der Waals surface area contributed by atoms with Gasteiger partial charge in [0.2, 0.25) is 5.91 Å². The number of carbonyl (C=O) groups excluding carboxylic acids is 1. The Hall–Kier alpha value is -0.570. The summed E-state index contributed by atoms with van der Waals surface area (Å²) in [7, 11) is 3.72. The fourth-order valence-electron chi connectivity index (χ4n) is 1.07.